The van der Waals surface area contributed by atoms with Crippen LogP contribution < -0.4 is 14.8 Å². The van der Waals surface area contributed by atoms with E-state index in [1.54, 1.807) is 24.4 Å². The number of hydrogen-bond acceptors (Lipinski definition) is 7. The predicted octanol–water partition coefficient (Wildman–Crippen LogP) is 8.11. The van der Waals surface area contributed by atoms with E-state index in [1.807, 2.05) is 0 Å². The number of carbonyl (C=O) groups excluding carboxylic acids is 1. The smallest absolute Gasteiger partial charge is 0.413 e. The van der Waals surface area contributed by atoms with Crippen molar-refractivity contribution in [1.29, 1.82) is 0 Å². The molecule has 1 aliphatic carbocycles. The first kappa shape index (κ1) is 31.3. The summed E-state index contributed by atoms with van der Waals surface area (Å²) in [6, 6.07) is 8.67. The lowest BCUT2D eigenvalue weighted by Gasteiger charge is -2.38. The highest BCUT2D eigenvalue weighted by atomic mass is 35.5. The average molecular weight is 666 g/mol. The number of thiazole rings is 1. The van der Waals surface area contributed by atoms with Crippen LogP contribution in [-0.2, 0) is 14.6 Å². The number of halogens is 4. The van der Waals surface area contributed by atoms with E-state index in [9.17, 15) is 13.6 Å². The molecule has 7 nitrogen and oxygen atoms in total. The fourth-order valence-corrected chi connectivity index (χ4v) is 8.14. The van der Waals surface area contributed by atoms with Crippen molar-refractivity contribution in [3.63, 3.8) is 0 Å². The highest BCUT2D eigenvalue weighted by Gasteiger charge is 2.53. The fourth-order valence-electron chi connectivity index (χ4n) is 5.64. The molecule has 1 saturated heterocycles. The summed E-state index contributed by atoms with van der Waals surface area (Å²) >= 11 is 7.37. The molecule has 236 valence electrons. The predicted molar refractivity (Wildman–Crippen MR) is 166 cm³/mol. The second kappa shape index (κ2) is 11.0. The molecule has 1 aromatic heterocycles. The van der Waals surface area contributed by atoms with Gasteiger partial charge in [-0.1, -0.05) is 55.8 Å². The van der Waals surface area contributed by atoms with E-state index in [1.165, 1.54) is 29.5 Å². The Bertz CT molecular complexity index is 1590. The molecule has 2 aromatic carbocycles. The van der Waals surface area contributed by atoms with E-state index in [0.29, 0.717) is 47.2 Å². The van der Waals surface area contributed by atoms with Crippen molar-refractivity contribution in [3.05, 3.63) is 69.4 Å². The van der Waals surface area contributed by atoms with Crippen LogP contribution >= 0.6 is 22.9 Å². The minimum absolute atomic E-state index is 0.0252. The van der Waals surface area contributed by atoms with Crippen molar-refractivity contribution in [1.82, 2.24) is 9.88 Å². The molecule has 1 amide bonds. The Balaban J connectivity index is 1.22. The zero-order valence-corrected chi connectivity index (χ0v) is 27.8. The lowest BCUT2D eigenvalue weighted by molar-refractivity contribution is -0.286. The maximum absolute atomic E-state index is 15.4. The Labute approximate surface area is 264 Å². The number of nitrogens with one attached hydrogen (secondary N) is 1. The molecule has 1 saturated carbocycles. The molecule has 1 N–H and O–H groups in total. The maximum Gasteiger partial charge on any atom is 0.586 e. The van der Waals surface area contributed by atoms with Crippen LogP contribution in [0.15, 0.2) is 42.6 Å². The van der Waals surface area contributed by atoms with Crippen molar-refractivity contribution in [2.75, 3.05) is 18.4 Å². The molecular weight excluding hydrogens is 631 g/mol. The molecule has 13 heteroatoms. The van der Waals surface area contributed by atoms with Crippen molar-refractivity contribution in [2.45, 2.75) is 82.0 Å². The molecule has 3 aliphatic rings. The molecule has 2 unspecified atom stereocenters. The summed E-state index contributed by atoms with van der Waals surface area (Å²) in [5, 5.41) is 3.67. The number of amides is 1. The van der Waals surface area contributed by atoms with E-state index in [2.05, 4.69) is 58.5 Å². The van der Waals surface area contributed by atoms with Gasteiger partial charge in [-0.05, 0) is 67.2 Å². The summed E-state index contributed by atoms with van der Waals surface area (Å²) in [6.07, 6.45) is -0.112. The summed E-state index contributed by atoms with van der Waals surface area (Å²) in [4.78, 5) is 21.0. The van der Waals surface area contributed by atoms with Crippen molar-refractivity contribution < 1.29 is 31.9 Å². The third-order valence-corrected chi connectivity index (χ3v) is 15.0. The van der Waals surface area contributed by atoms with E-state index in [-0.39, 0.29) is 28.5 Å². The van der Waals surface area contributed by atoms with Gasteiger partial charge in [0.05, 0.1) is 17.6 Å². The Morgan fingerprint density at radius 3 is 2.59 bits per heavy atom. The summed E-state index contributed by atoms with van der Waals surface area (Å²) in [6.45, 7) is 12.4. The van der Waals surface area contributed by atoms with Crippen LogP contribution in [0.4, 0.5) is 18.3 Å². The molecule has 0 bridgehead atoms. The van der Waals surface area contributed by atoms with E-state index in [4.69, 9.17) is 16.0 Å². The quantitative estimate of drug-likeness (QED) is 0.245. The van der Waals surface area contributed by atoms with Crippen molar-refractivity contribution >= 4 is 42.3 Å². The largest absolute Gasteiger partial charge is 0.586 e. The number of likely N-dealkylation sites (tertiary alicyclic amines) is 1. The maximum atomic E-state index is 15.4. The monoisotopic (exact) mass is 665 g/mol. The van der Waals surface area contributed by atoms with Crippen molar-refractivity contribution in [3.8, 4) is 11.5 Å². The molecule has 3 aromatic rings. The Kier molecular flexibility index (Phi) is 7.84. The first-order valence-corrected chi connectivity index (χ1v) is 18.7. The number of fused-ring (bicyclic) bond motifs is 1. The molecule has 2 aliphatic heterocycles. The topological polar surface area (TPSA) is 72.9 Å². The van der Waals surface area contributed by atoms with Gasteiger partial charge in [-0.2, -0.15) is 0 Å². The number of aromatic nitrogens is 1. The number of nitrogens with zero attached hydrogens (tertiary/aromatic N) is 2. The Hall–Kier alpha value is -2.64. The van der Waals surface area contributed by atoms with Gasteiger partial charge in [0.2, 0.25) is 5.91 Å². The lowest BCUT2D eigenvalue weighted by Crippen LogP contribution is -2.44. The highest BCUT2D eigenvalue weighted by molar-refractivity contribution is 7.15. The Morgan fingerprint density at radius 1 is 1.18 bits per heavy atom. The number of ether oxygens (including phenoxy) is 2. The minimum atomic E-state index is -3.73. The highest BCUT2D eigenvalue weighted by Crippen LogP contribution is 2.52. The number of benzene rings is 2. The van der Waals surface area contributed by atoms with Gasteiger partial charge in [0.1, 0.15) is 5.82 Å². The normalized spacial score (nSPS) is 21.3. The minimum Gasteiger partial charge on any atom is -0.413 e. The van der Waals surface area contributed by atoms with E-state index < -0.39 is 31.9 Å². The average Bonchev–Trinajstić information content (AvgIpc) is 3.22. The summed E-state index contributed by atoms with van der Waals surface area (Å²) in [5.41, 5.74) is 0.157. The van der Waals surface area contributed by atoms with E-state index in [0.717, 1.165) is 11.3 Å². The molecule has 6 rings (SSSR count). The van der Waals surface area contributed by atoms with Crippen LogP contribution in [-0.4, -0.2) is 49.6 Å². The molecule has 3 heterocycles. The second-order valence-corrected chi connectivity index (χ2v) is 19.5. The SMILES string of the molecule is CC(C)(C)[Si](C)(C)OC1CCN(C(c2cnc(NC(=O)C3(c4ccc5c(c4)OC(F)(F)O5)CC3)s2)c2ccc(Cl)cc2F)C1. The summed E-state index contributed by atoms with van der Waals surface area (Å²) in [5.74, 6) is -0.876. The first-order valence-electron chi connectivity index (χ1n) is 14.6. The zero-order valence-electron chi connectivity index (χ0n) is 25.2. The standard InChI is InChI=1S/C31H35ClF3N3O4SSi/c1-29(2,3)44(4,5)42-20-10-13-38(17-20)26(21-8-7-19(32)15-22(21)33)25-16-36-28(43-25)37-27(39)30(11-12-30)18-6-9-23-24(14-18)41-31(34,35)40-23/h6-9,14-16,20,26H,10-13,17H2,1-5H3,(H,36,37,39). The summed E-state index contributed by atoms with van der Waals surface area (Å²) < 4.78 is 58.3. The molecule has 2 fully saturated rings. The third kappa shape index (κ3) is 5.99. The van der Waals surface area contributed by atoms with Crippen LogP contribution in [0.25, 0.3) is 0 Å². The molecule has 0 spiro atoms. The summed E-state index contributed by atoms with van der Waals surface area (Å²) in [7, 11) is -2.01. The van der Waals surface area contributed by atoms with Gasteiger partial charge in [-0.3, -0.25) is 9.69 Å². The molecule has 0 radical (unpaired) electrons. The fraction of sp³-hybridized carbons (Fsp3) is 0.484. The number of hydrogen-bond donors (Lipinski definition) is 1. The van der Waals surface area contributed by atoms with Gasteiger partial charge in [-0.15, -0.1) is 8.78 Å². The van der Waals surface area contributed by atoms with Gasteiger partial charge in [0.25, 0.3) is 0 Å². The van der Waals surface area contributed by atoms with Gasteiger partial charge < -0.3 is 19.2 Å². The molecular formula is C31H35ClF3N3O4SSi. The number of rotatable bonds is 8. The Morgan fingerprint density at radius 2 is 1.91 bits per heavy atom. The van der Waals surface area contributed by atoms with Gasteiger partial charge in [-0.25, -0.2) is 9.37 Å². The third-order valence-electron chi connectivity index (χ3n) is 9.22. The van der Waals surface area contributed by atoms with Crippen LogP contribution in [0, 0.1) is 5.82 Å². The first-order chi connectivity index (χ1) is 20.6. The molecule has 2 atom stereocenters. The van der Waals surface area contributed by atoms with Gasteiger partial charge >= 0.3 is 6.29 Å². The van der Waals surface area contributed by atoms with Crippen LogP contribution in [0.1, 0.15) is 62.1 Å². The van der Waals surface area contributed by atoms with Gasteiger partial charge in [0.15, 0.2) is 24.9 Å². The lowest BCUT2D eigenvalue weighted by atomic mass is 9.94. The number of carbonyl (C=O) groups is 1. The van der Waals surface area contributed by atoms with Crippen LogP contribution in [0.3, 0.4) is 0 Å². The molecule has 44 heavy (non-hydrogen) atoms. The van der Waals surface area contributed by atoms with Crippen molar-refractivity contribution in [2.24, 2.45) is 0 Å². The van der Waals surface area contributed by atoms with Gasteiger partial charge in [0, 0.05) is 34.7 Å². The van der Waals surface area contributed by atoms with E-state index >= 15 is 4.39 Å². The zero-order chi connectivity index (χ0) is 31.7. The van der Waals surface area contributed by atoms with Crippen LogP contribution in [0.5, 0.6) is 11.5 Å². The number of alkyl halides is 2. The number of anilines is 1. The second-order valence-electron chi connectivity index (χ2n) is 13.3. The van der Waals surface area contributed by atoms with Crippen LogP contribution in [0.2, 0.25) is 23.2 Å².